The molecule has 0 saturated heterocycles. The Labute approximate surface area is 164 Å². The number of hydrogen-bond acceptors (Lipinski definition) is 8. The van der Waals surface area contributed by atoms with Crippen LogP contribution in [-0.4, -0.2) is 25.1 Å². The van der Waals surface area contributed by atoms with E-state index < -0.39 is 4.92 Å². The van der Waals surface area contributed by atoms with Gasteiger partial charge >= 0.3 is 0 Å². The number of benzene rings is 1. The van der Waals surface area contributed by atoms with Crippen molar-refractivity contribution in [2.45, 2.75) is 12.8 Å². The second-order valence-electron chi connectivity index (χ2n) is 6.33. The van der Waals surface area contributed by atoms with Gasteiger partial charge < -0.3 is 20.8 Å². The van der Waals surface area contributed by atoms with Crippen LogP contribution in [0.15, 0.2) is 76.9 Å². The maximum absolute atomic E-state index is 11.1. The van der Waals surface area contributed by atoms with E-state index in [2.05, 4.69) is 32.1 Å². The predicted octanol–water partition coefficient (Wildman–Crippen LogP) is 4.13. The van der Waals surface area contributed by atoms with E-state index >= 15 is 0 Å². The summed E-state index contributed by atoms with van der Waals surface area (Å²) in [5.74, 6) is 0.802. The normalized spacial score (nSPS) is 15.3. The monoisotopic (exact) mass is 389 g/mol. The summed E-state index contributed by atoms with van der Waals surface area (Å²) in [6.45, 7) is 0. The Hall–Kier alpha value is -4.32. The second-order valence-corrected chi connectivity index (χ2v) is 6.33. The third-order valence-corrected chi connectivity index (χ3v) is 4.20. The van der Waals surface area contributed by atoms with E-state index in [4.69, 9.17) is 0 Å². The number of aliphatic hydroxyl groups excluding tert-OH is 2. The number of allylic oxidation sites excluding steroid dienone is 5. The molecule has 1 aromatic heterocycles. The SMILES string of the molecule is O=[N+]([O-])c1ccc2nc(NC3=CC(O)=CCC3)c(NC3=C=C=CC(O)=C3)nc2c1. The molecule has 9 nitrogen and oxygen atoms in total. The van der Waals surface area contributed by atoms with Crippen LogP contribution in [0.1, 0.15) is 12.8 Å². The van der Waals surface area contributed by atoms with Gasteiger partial charge in [0.15, 0.2) is 11.6 Å². The lowest BCUT2D eigenvalue weighted by Crippen LogP contribution is -2.10. The molecule has 2 aliphatic rings. The van der Waals surface area contributed by atoms with Crippen LogP contribution < -0.4 is 10.6 Å². The molecule has 0 amide bonds. The molecule has 0 radical (unpaired) electrons. The Morgan fingerprint density at radius 3 is 2.62 bits per heavy atom. The number of nitrogens with one attached hydrogen (secondary N) is 2. The van der Waals surface area contributed by atoms with Crippen molar-refractivity contribution in [2.75, 3.05) is 10.6 Å². The van der Waals surface area contributed by atoms with Crippen molar-refractivity contribution in [1.82, 2.24) is 9.97 Å². The Morgan fingerprint density at radius 1 is 1.07 bits per heavy atom. The summed E-state index contributed by atoms with van der Waals surface area (Å²) in [6.07, 6.45) is 7.47. The minimum Gasteiger partial charge on any atom is -0.508 e. The Balaban J connectivity index is 1.79. The van der Waals surface area contributed by atoms with E-state index in [0.29, 0.717) is 35.4 Å². The molecule has 2 aromatic rings. The summed E-state index contributed by atoms with van der Waals surface area (Å²) in [7, 11) is 0. The fourth-order valence-electron chi connectivity index (χ4n) is 2.87. The van der Waals surface area contributed by atoms with Gasteiger partial charge in [0.1, 0.15) is 11.5 Å². The van der Waals surface area contributed by atoms with Crippen LogP contribution in [0.2, 0.25) is 0 Å². The Morgan fingerprint density at radius 2 is 1.86 bits per heavy atom. The minimum atomic E-state index is -0.500. The number of hydrogen-bond donors (Lipinski definition) is 4. The molecule has 9 heteroatoms. The molecular weight excluding hydrogens is 374 g/mol. The zero-order valence-corrected chi connectivity index (χ0v) is 15.0. The lowest BCUT2D eigenvalue weighted by Gasteiger charge is -2.17. The molecule has 144 valence electrons. The number of anilines is 2. The van der Waals surface area contributed by atoms with Crippen LogP contribution >= 0.6 is 0 Å². The highest BCUT2D eigenvalue weighted by Crippen LogP contribution is 2.28. The summed E-state index contributed by atoms with van der Waals surface area (Å²) in [5, 5.41) is 36.6. The van der Waals surface area contributed by atoms with Crippen LogP contribution in [0.25, 0.3) is 11.0 Å². The van der Waals surface area contributed by atoms with E-state index in [1.54, 1.807) is 12.2 Å². The number of non-ortho nitro benzene ring substituents is 1. The van der Waals surface area contributed by atoms with Gasteiger partial charge in [-0.2, -0.15) is 0 Å². The van der Waals surface area contributed by atoms with Crippen LogP contribution in [-0.2, 0) is 0 Å². The number of aromatic nitrogens is 2. The first-order valence-electron chi connectivity index (χ1n) is 8.70. The van der Waals surface area contributed by atoms with Crippen molar-refractivity contribution in [2.24, 2.45) is 0 Å². The van der Waals surface area contributed by atoms with Gasteiger partial charge in [0.2, 0.25) is 0 Å². The van der Waals surface area contributed by atoms with Gasteiger partial charge in [-0.05, 0) is 36.8 Å². The van der Waals surface area contributed by atoms with Crippen LogP contribution in [0.4, 0.5) is 17.3 Å². The Kier molecular flexibility index (Phi) is 4.58. The van der Waals surface area contributed by atoms with Crippen molar-refractivity contribution >= 4 is 28.4 Å². The van der Waals surface area contributed by atoms with Crippen LogP contribution in [0, 0.1) is 10.1 Å². The number of nitro benzene ring substituents is 1. The summed E-state index contributed by atoms with van der Waals surface area (Å²) in [4.78, 5) is 19.6. The fourth-order valence-corrected chi connectivity index (χ4v) is 2.87. The number of fused-ring (bicyclic) bond motifs is 1. The van der Waals surface area contributed by atoms with E-state index in [-0.39, 0.29) is 23.0 Å². The summed E-state index contributed by atoms with van der Waals surface area (Å²) in [5.41, 5.74) is 7.32. The fraction of sp³-hybridized carbons (Fsp3) is 0.100. The standard InChI is InChI=1S/C20H15N5O4/c26-15-5-1-3-12(9-15)21-19-20(22-13-4-2-6-16(27)10-13)24-18-11-14(25(28)29)7-8-17(18)23-19/h5-11,26-27H,1,3H2,(H,21,23)(H,22,24). The van der Waals surface area contributed by atoms with Gasteiger partial charge in [0.05, 0.1) is 21.7 Å². The number of aliphatic hydroxyl groups is 2. The molecule has 0 aliphatic heterocycles. The molecule has 0 atom stereocenters. The van der Waals surface area contributed by atoms with Gasteiger partial charge in [-0.15, -0.1) is 0 Å². The van der Waals surface area contributed by atoms with Crippen LogP contribution in [0.5, 0.6) is 0 Å². The topological polar surface area (TPSA) is 133 Å². The molecule has 2 aliphatic carbocycles. The summed E-state index contributed by atoms with van der Waals surface area (Å²) >= 11 is 0. The van der Waals surface area contributed by atoms with E-state index in [9.17, 15) is 20.3 Å². The molecule has 4 N–H and O–H groups in total. The van der Waals surface area contributed by atoms with Crippen molar-refractivity contribution < 1.29 is 15.1 Å². The predicted molar refractivity (Wildman–Crippen MR) is 107 cm³/mol. The first-order valence-corrected chi connectivity index (χ1v) is 8.70. The van der Waals surface area contributed by atoms with Crippen LogP contribution in [0.3, 0.4) is 0 Å². The quantitative estimate of drug-likeness (QED) is 0.341. The molecule has 1 aromatic carbocycles. The highest BCUT2D eigenvalue weighted by atomic mass is 16.6. The van der Waals surface area contributed by atoms with Gasteiger partial charge in [-0.25, -0.2) is 9.97 Å². The smallest absolute Gasteiger partial charge is 0.271 e. The number of nitrogens with zero attached hydrogens (tertiary/aromatic N) is 3. The summed E-state index contributed by atoms with van der Waals surface area (Å²) in [6, 6.07) is 4.22. The minimum absolute atomic E-state index is 0.00445. The molecule has 0 bridgehead atoms. The molecule has 29 heavy (non-hydrogen) atoms. The lowest BCUT2D eigenvalue weighted by atomic mass is 10.1. The lowest BCUT2D eigenvalue weighted by molar-refractivity contribution is -0.384. The first-order chi connectivity index (χ1) is 14.0. The van der Waals surface area contributed by atoms with Crippen molar-refractivity contribution in [1.29, 1.82) is 0 Å². The molecule has 0 unspecified atom stereocenters. The van der Waals surface area contributed by atoms with E-state index in [1.165, 1.54) is 30.4 Å². The summed E-state index contributed by atoms with van der Waals surface area (Å²) < 4.78 is 0. The molecule has 1 heterocycles. The average molecular weight is 389 g/mol. The second kappa shape index (κ2) is 7.36. The molecule has 0 spiro atoms. The number of rotatable bonds is 5. The average Bonchev–Trinajstić information content (AvgIpc) is 2.68. The third kappa shape index (κ3) is 4.01. The van der Waals surface area contributed by atoms with Gasteiger partial charge in [0, 0.05) is 30.0 Å². The zero-order chi connectivity index (χ0) is 20.4. The molecule has 0 saturated carbocycles. The van der Waals surface area contributed by atoms with Crippen molar-refractivity contribution in [3.8, 4) is 0 Å². The maximum atomic E-state index is 11.1. The van der Waals surface area contributed by atoms with Gasteiger partial charge in [0.25, 0.3) is 5.69 Å². The van der Waals surface area contributed by atoms with E-state index in [1.807, 2.05) is 0 Å². The third-order valence-electron chi connectivity index (χ3n) is 4.20. The molecule has 4 rings (SSSR count). The van der Waals surface area contributed by atoms with E-state index in [0.717, 1.165) is 5.70 Å². The van der Waals surface area contributed by atoms with Gasteiger partial charge in [-0.1, -0.05) is 5.73 Å². The highest BCUT2D eigenvalue weighted by Gasteiger charge is 2.15. The highest BCUT2D eigenvalue weighted by molar-refractivity contribution is 5.83. The van der Waals surface area contributed by atoms with Gasteiger partial charge in [-0.3, -0.25) is 10.1 Å². The van der Waals surface area contributed by atoms with Crippen molar-refractivity contribution in [3.05, 3.63) is 87.0 Å². The molecular formula is C20H15N5O4. The number of nitro groups is 1. The molecule has 0 fully saturated rings. The first kappa shape index (κ1) is 18.1. The Bertz CT molecular complexity index is 1230. The zero-order valence-electron chi connectivity index (χ0n) is 15.0. The largest absolute Gasteiger partial charge is 0.508 e. The van der Waals surface area contributed by atoms with Crippen molar-refractivity contribution in [3.63, 3.8) is 0 Å². The maximum Gasteiger partial charge on any atom is 0.271 e.